The van der Waals surface area contributed by atoms with Crippen molar-refractivity contribution in [3.63, 3.8) is 0 Å². The van der Waals surface area contributed by atoms with Gasteiger partial charge in [-0.3, -0.25) is 4.79 Å². The molecule has 0 atom stereocenters. The molecular formula is C17H12ClIN2O2. The molecule has 0 saturated carbocycles. The van der Waals surface area contributed by atoms with Crippen molar-refractivity contribution in [2.45, 2.75) is 6.92 Å². The summed E-state index contributed by atoms with van der Waals surface area (Å²) in [5.74, 6) is 1.00. The minimum atomic E-state index is -0.335. The molecule has 0 aliphatic heterocycles. The van der Waals surface area contributed by atoms with Gasteiger partial charge in [0.2, 0.25) is 0 Å². The highest BCUT2D eigenvalue weighted by molar-refractivity contribution is 14.1. The molecule has 23 heavy (non-hydrogen) atoms. The average Bonchev–Trinajstić information content (AvgIpc) is 3.02. The Kier molecular flexibility index (Phi) is 4.68. The first-order valence-corrected chi connectivity index (χ1v) is 8.29. The molecule has 0 radical (unpaired) electrons. The lowest BCUT2D eigenvalue weighted by Crippen LogP contribution is -2.12. The number of nitrogens with one attached hydrogen (secondary N) is 1. The van der Waals surface area contributed by atoms with Gasteiger partial charge >= 0.3 is 0 Å². The van der Waals surface area contributed by atoms with Gasteiger partial charge in [0.15, 0.2) is 5.76 Å². The van der Waals surface area contributed by atoms with E-state index in [2.05, 4.69) is 32.9 Å². The number of benzene rings is 1. The summed E-state index contributed by atoms with van der Waals surface area (Å²) in [5.41, 5.74) is 1.72. The minimum absolute atomic E-state index is 0.230. The van der Waals surface area contributed by atoms with Crippen molar-refractivity contribution in [3.05, 3.63) is 68.6 Å². The molecule has 0 unspecified atom stereocenters. The summed E-state index contributed by atoms with van der Waals surface area (Å²) in [6.07, 6.45) is 0. The van der Waals surface area contributed by atoms with Gasteiger partial charge in [-0.25, -0.2) is 4.98 Å². The molecule has 1 amide bonds. The van der Waals surface area contributed by atoms with Crippen LogP contribution >= 0.6 is 34.2 Å². The molecule has 1 aromatic carbocycles. The molecule has 0 aliphatic rings. The molecule has 6 heteroatoms. The number of halogens is 2. The quantitative estimate of drug-likeness (QED) is 0.575. The van der Waals surface area contributed by atoms with Crippen LogP contribution in [0.3, 0.4) is 0 Å². The predicted molar refractivity (Wildman–Crippen MR) is 98.8 cm³/mol. The average molecular weight is 439 g/mol. The molecule has 3 aromatic rings. The van der Waals surface area contributed by atoms with Crippen LogP contribution < -0.4 is 5.32 Å². The van der Waals surface area contributed by atoms with Crippen molar-refractivity contribution in [1.82, 2.24) is 4.98 Å². The second kappa shape index (κ2) is 6.72. The maximum atomic E-state index is 12.2. The highest BCUT2D eigenvalue weighted by Crippen LogP contribution is 2.24. The largest absolute Gasteiger partial charge is 0.451 e. The van der Waals surface area contributed by atoms with Crippen molar-refractivity contribution in [2.75, 3.05) is 5.32 Å². The van der Waals surface area contributed by atoms with Gasteiger partial charge in [0, 0.05) is 14.2 Å². The number of carbonyl (C=O) groups excluding carboxylic acids is 1. The highest BCUT2D eigenvalue weighted by atomic mass is 127. The standard InChI is InChI=1S/C17H12ClIN2O2/c1-10-13(19)6-9-16(20-10)21-17(22)15-8-7-14(23-15)11-2-4-12(18)5-3-11/h2-9H,1H3,(H,20,21,22). The summed E-state index contributed by atoms with van der Waals surface area (Å²) in [7, 11) is 0. The fraction of sp³-hybridized carbons (Fsp3) is 0.0588. The Morgan fingerprint density at radius 2 is 1.87 bits per heavy atom. The summed E-state index contributed by atoms with van der Waals surface area (Å²) >= 11 is 8.06. The first-order valence-electron chi connectivity index (χ1n) is 6.83. The number of hydrogen-bond acceptors (Lipinski definition) is 3. The molecule has 0 saturated heterocycles. The van der Waals surface area contributed by atoms with E-state index < -0.39 is 0 Å². The Labute approximate surface area is 152 Å². The maximum Gasteiger partial charge on any atom is 0.292 e. The first-order chi connectivity index (χ1) is 11.0. The van der Waals surface area contributed by atoms with Crippen LogP contribution in [0, 0.1) is 10.5 Å². The fourth-order valence-corrected chi connectivity index (χ4v) is 2.45. The molecule has 4 nitrogen and oxygen atoms in total. The number of aryl methyl sites for hydroxylation is 1. The molecule has 116 valence electrons. The van der Waals surface area contributed by atoms with Crippen molar-refractivity contribution in [1.29, 1.82) is 0 Å². The highest BCUT2D eigenvalue weighted by Gasteiger charge is 2.13. The number of aromatic nitrogens is 1. The number of rotatable bonds is 3. The van der Waals surface area contributed by atoms with Gasteiger partial charge < -0.3 is 9.73 Å². The predicted octanol–water partition coefficient (Wildman–Crippen LogP) is 5.16. The van der Waals surface area contributed by atoms with Crippen LogP contribution in [-0.2, 0) is 0 Å². The van der Waals surface area contributed by atoms with E-state index in [1.807, 2.05) is 25.1 Å². The third-order valence-corrected chi connectivity index (χ3v) is 4.61. The van der Waals surface area contributed by atoms with E-state index in [-0.39, 0.29) is 11.7 Å². The number of furan rings is 1. The number of pyridine rings is 1. The zero-order chi connectivity index (χ0) is 16.4. The third kappa shape index (κ3) is 3.73. The zero-order valence-electron chi connectivity index (χ0n) is 12.1. The van der Waals surface area contributed by atoms with Crippen LogP contribution in [0.25, 0.3) is 11.3 Å². The smallest absolute Gasteiger partial charge is 0.292 e. The topological polar surface area (TPSA) is 55.1 Å². The van der Waals surface area contributed by atoms with Crippen LogP contribution in [0.1, 0.15) is 16.2 Å². The zero-order valence-corrected chi connectivity index (χ0v) is 15.1. The van der Waals surface area contributed by atoms with E-state index in [0.717, 1.165) is 14.8 Å². The SMILES string of the molecule is Cc1nc(NC(=O)c2ccc(-c3ccc(Cl)cc3)o2)ccc1I. The van der Waals surface area contributed by atoms with Crippen LogP contribution in [0.2, 0.25) is 5.02 Å². The minimum Gasteiger partial charge on any atom is -0.451 e. The van der Waals surface area contributed by atoms with Crippen molar-refractivity contribution >= 4 is 45.9 Å². The number of anilines is 1. The van der Waals surface area contributed by atoms with E-state index in [0.29, 0.717) is 16.6 Å². The van der Waals surface area contributed by atoms with Crippen molar-refractivity contribution < 1.29 is 9.21 Å². The molecule has 0 fully saturated rings. The lowest BCUT2D eigenvalue weighted by Gasteiger charge is -2.04. The molecule has 0 aliphatic carbocycles. The number of hydrogen-bond donors (Lipinski definition) is 1. The lowest BCUT2D eigenvalue weighted by atomic mass is 10.2. The van der Waals surface area contributed by atoms with E-state index in [1.54, 1.807) is 30.3 Å². The van der Waals surface area contributed by atoms with E-state index >= 15 is 0 Å². The normalized spacial score (nSPS) is 10.6. The number of carbonyl (C=O) groups is 1. The van der Waals surface area contributed by atoms with Gasteiger partial charge in [0.05, 0.1) is 5.69 Å². The summed E-state index contributed by atoms with van der Waals surface area (Å²) < 4.78 is 6.66. The number of amides is 1. The van der Waals surface area contributed by atoms with E-state index in [9.17, 15) is 4.79 Å². The molecule has 0 spiro atoms. The van der Waals surface area contributed by atoms with Crippen LogP contribution in [0.5, 0.6) is 0 Å². The molecule has 2 aromatic heterocycles. The van der Waals surface area contributed by atoms with Gasteiger partial charge in [-0.1, -0.05) is 11.6 Å². The molecule has 3 rings (SSSR count). The summed E-state index contributed by atoms with van der Waals surface area (Å²) in [5, 5.41) is 3.38. The lowest BCUT2D eigenvalue weighted by molar-refractivity contribution is 0.0997. The first kappa shape index (κ1) is 16.0. The second-order valence-electron chi connectivity index (χ2n) is 4.89. The second-order valence-corrected chi connectivity index (χ2v) is 6.49. The third-order valence-electron chi connectivity index (χ3n) is 3.22. The Hall–Kier alpha value is -1.86. The summed E-state index contributed by atoms with van der Waals surface area (Å²) in [4.78, 5) is 16.6. The Morgan fingerprint density at radius 1 is 1.13 bits per heavy atom. The maximum absolute atomic E-state index is 12.2. The molecule has 0 bridgehead atoms. The van der Waals surface area contributed by atoms with E-state index in [1.165, 1.54) is 0 Å². The van der Waals surface area contributed by atoms with Gasteiger partial charge in [-0.2, -0.15) is 0 Å². The van der Waals surface area contributed by atoms with Gasteiger partial charge in [-0.15, -0.1) is 0 Å². The van der Waals surface area contributed by atoms with E-state index in [4.69, 9.17) is 16.0 Å². The summed E-state index contributed by atoms with van der Waals surface area (Å²) in [6, 6.07) is 14.3. The Bertz CT molecular complexity index is 859. The van der Waals surface area contributed by atoms with Crippen molar-refractivity contribution in [2.24, 2.45) is 0 Å². The molecular weight excluding hydrogens is 427 g/mol. The van der Waals surface area contributed by atoms with Crippen LogP contribution in [0.15, 0.2) is 52.9 Å². The van der Waals surface area contributed by atoms with Crippen molar-refractivity contribution in [3.8, 4) is 11.3 Å². The monoisotopic (exact) mass is 438 g/mol. The Balaban J connectivity index is 1.78. The fourth-order valence-electron chi connectivity index (χ4n) is 2.02. The molecule has 2 heterocycles. The number of nitrogens with zero attached hydrogens (tertiary/aromatic N) is 1. The van der Waals surface area contributed by atoms with Gasteiger partial charge in [0.25, 0.3) is 5.91 Å². The molecule has 1 N–H and O–H groups in total. The van der Waals surface area contributed by atoms with Crippen LogP contribution in [0.4, 0.5) is 5.82 Å². The Morgan fingerprint density at radius 3 is 2.57 bits per heavy atom. The van der Waals surface area contributed by atoms with Crippen LogP contribution in [-0.4, -0.2) is 10.9 Å². The summed E-state index contributed by atoms with van der Waals surface area (Å²) in [6.45, 7) is 1.89. The van der Waals surface area contributed by atoms with Gasteiger partial charge in [-0.05, 0) is 78.0 Å². The van der Waals surface area contributed by atoms with Gasteiger partial charge in [0.1, 0.15) is 11.6 Å².